The van der Waals surface area contributed by atoms with E-state index in [0.29, 0.717) is 9.17 Å². The lowest BCUT2D eigenvalue weighted by molar-refractivity contribution is 0.902. The third kappa shape index (κ3) is 2.04. The summed E-state index contributed by atoms with van der Waals surface area (Å²) in [7, 11) is 3.95. The smallest absolute Gasteiger partial charge is 0.154 e. The normalized spacial score (nSPS) is 20.3. The number of aryl methyl sites for hydroxylation is 1. The fraction of sp³-hybridized carbons (Fsp3) is 0.250. The van der Waals surface area contributed by atoms with Crippen molar-refractivity contribution < 1.29 is 0 Å². The molecule has 1 aliphatic rings. The molecule has 3 aromatic rings. The molecule has 0 saturated carbocycles. The van der Waals surface area contributed by atoms with Crippen molar-refractivity contribution in [1.29, 1.82) is 0 Å². The minimum Gasteiger partial charge on any atom is -0.371 e. The summed E-state index contributed by atoms with van der Waals surface area (Å²) in [5, 5.41) is 3.59. The Morgan fingerprint density at radius 1 is 1.27 bits per heavy atom. The number of alkyl halides is 1. The first-order chi connectivity index (χ1) is 10.7. The van der Waals surface area contributed by atoms with Gasteiger partial charge in [0.2, 0.25) is 0 Å². The average molecular weight is 422 g/mol. The van der Waals surface area contributed by atoms with E-state index < -0.39 is 0 Å². The lowest BCUT2D eigenvalue weighted by Gasteiger charge is -2.13. The van der Waals surface area contributed by atoms with E-state index >= 15 is 0 Å². The molecule has 2 atom stereocenters. The number of hydrogen-bond donors (Lipinski definition) is 1. The third-order valence-electron chi connectivity index (χ3n) is 3.98. The van der Waals surface area contributed by atoms with Gasteiger partial charge in [0.05, 0.1) is 31.6 Å². The Labute approximate surface area is 146 Å². The molecule has 112 valence electrons. The summed E-state index contributed by atoms with van der Waals surface area (Å²) < 4.78 is 2.45. The van der Waals surface area contributed by atoms with Gasteiger partial charge in [-0.25, -0.2) is 9.97 Å². The zero-order valence-corrected chi connectivity index (χ0v) is 15.2. The van der Waals surface area contributed by atoms with Gasteiger partial charge in [-0.15, -0.1) is 11.8 Å². The zero-order chi connectivity index (χ0) is 15.3. The number of fused-ring (bicyclic) bond motifs is 3. The second kappa shape index (κ2) is 5.42. The molecule has 4 nitrogen and oxygen atoms in total. The summed E-state index contributed by atoms with van der Waals surface area (Å²) in [5.41, 5.74) is 4.65. The van der Waals surface area contributed by atoms with Gasteiger partial charge in [-0.1, -0.05) is 52.9 Å². The van der Waals surface area contributed by atoms with E-state index in [1.54, 1.807) is 0 Å². The molecule has 1 N–H and O–H groups in total. The van der Waals surface area contributed by atoms with E-state index in [4.69, 9.17) is 4.98 Å². The Morgan fingerprint density at radius 2 is 2.05 bits per heavy atom. The minimum atomic E-state index is 0.353. The minimum absolute atomic E-state index is 0.353. The van der Waals surface area contributed by atoms with Crippen molar-refractivity contribution in [3.8, 4) is 0 Å². The van der Waals surface area contributed by atoms with Crippen LogP contribution >= 0.6 is 34.4 Å². The molecule has 1 aliphatic heterocycles. The highest BCUT2D eigenvalue weighted by Gasteiger charge is 2.36. The number of imidazole rings is 1. The molecule has 0 fully saturated rings. The SMILES string of the molecule is CNc1nc2c(c3c1ncn3C)SC(c1ccccc1)C2I. The molecule has 0 bridgehead atoms. The fourth-order valence-corrected chi connectivity index (χ4v) is 5.86. The van der Waals surface area contributed by atoms with Crippen molar-refractivity contribution in [2.75, 3.05) is 12.4 Å². The van der Waals surface area contributed by atoms with Crippen molar-refractivity contribution in [3.05, 3.63) is 47.9 Å². The molecular formula is C16H15IN4S. The number of halogens is 1. The van der Waals surface area contributed by atoms with Crippen LogP contribution in [-0.2, 0) is 7.05 Å². The van der Waals surface area contributed by atoms with Crippen LogP contribution in [0.5, 0.6) is 0 Å². The Kier molecular flexibility index (Phi) is 3.53. The number of nitrogens with zero attached hydrogens (tertiary/aromatic N) is 3. The van der Waals surface area contributed by atoms with Gasteiger partial charge in [0.25, 0.3) is 0 Å². The number of nitrogens with one attached hydrogen (secondary N) is 1. The molecule has 1 aromatic carbocycles. The number of rotatable bonds is 2. The lowest BCUT2D eigenvalue weighted by Crippen LogP contribution is -2.01. The van der Waals surface area contributed by atoms with Gasteiger partial charge in [-0.05, 0) is 5.56 Å². The van der Waals surface area contributed by atoms with Crippen LogP contribution in [0.1, 0.15) is 20.4 Å². The molecule has 22 heavy (non-hydrogen) atoms. The van der Waals surface area contributed by atoms with Crippen LogP contribution in [0, 0.1) is 0 Å². The molecule has 0 amide bonds. The first kappa shape index (κ1) is 14.3. The van der Waals surface area contributed by atoms with Gasteiger partial charge in [-0.3, -0.25) is 0 Å². The second-order valence-electron chi connectivity index (χ2n) is 5.33. The highest BCUT2D eigenvalue weighted by atomic mass is 127. The maximum absolute atomic E-state index is 4.85. The van der Waals surface area contributed by atoms with Gasteiger partial charge >= 0.3 is 0 Å². The van der Waals surface area contributed by atoms with Crippen molar-refractivity contribution in [3.63, 3.8) is 0 Å². The van der Waals surface area contributed by atoms with Gasteiger partial charge in [0, 0.05) is 14.1 Å². The van der Waals surface area contributed by atoms with Crippen LogP contribution < -0.4 is 5.32 Å². The maximum Gasteiger partial charge on any atom is 0.154 e. The molecule has 3 heterocycles. The van der Waals surface area contributed by atoms with Crippen molar-refractivity contribution in [2.45, 2.75) is 14.1 Å². The first-order valence-electron chi connectivity index (χ1n) is 7.09. The van der Waals surface area contributed by atoms with Crippen LogP contribution in [0.25, 0.3) is 11.0 Å². The Hall–Kier alpha value is -1.28. The second-order valence-corrected chi connectivity index (χ2v) is 7.82. The maximum atomic E-state index is 4.85. The summed E-state index contributed by atoms with van der Waals surface area (Å²) in [6.45, 7) is 0. The number of hydrogen-bond acceptors (Lipinski definition) is 4. The quantitative estimate of drug-likeness (QED) is 0.493. The topological polar surface area (TPSA) is 42.7 Å². The number of aromatic nitrogens is 3. The van der Waals surface area contributed by atoms with Crippen LogP contribution in [0.3, 0.4) is 0 Å². The van der Waals surface area contributed by atoms with Crippen LogP contribution in [0.2, 0.25) is 0 Å². The molecule has 0 radical (unpaired) electrons. The molecule has 6 heteroatoms. The lowest BCUT2D eigenvalue weighted by atomic mass is 10.1. The standard InChI is InChI=1S/C16H15IN4S/c1-18-16-12-13(21(2)8-19-12)15-11(20-16)10(17)14(22-15)9-6-4-3-5-7-9/h3-8,10,14H,1-2H3,(H,18,20). The highest BCUT2D eigenvalue weighted by Crippen LogP contribution is 2.58. The average Bonchev–Trinajstić information content (AvgIpc) is 3.09. The molecule has 0 saturated heterocycles. The Morgan fingerprint density at radius 3 is 2.77 bits per heavy atom. The van der Waals surface area contributed by atoms with Crippen LogP contribution in [-0.4, -0.2) is 21.6 Å². The molecule has 0 aliphatic carbocycles. The van der Waals surface area contributed by atoms with E-state index in [1.807, 2.05) is 32.2 Å². The summed E-state index contributed by atoms with van der Waals surface area (Å²) in [6.07, 6.45) is 1.87. The summed E-state index contributed by atoms with van der Waals surface area (Å²) in [4.78, 5) is 10.6. The predicted octanol–water partition coefficient (Wildman–Crippen LogP) is 4.33. The number of benzene rings is 1. The van der Waals surface area contributed by atoms with Crippen LogP contribution in [0.4, 0.5) is 5.82 Å². The molecular weight excluding hydrogens is 407 g/mol. The van der Waals surface area contributed by atoms with Gasteiger partial charge < -0.3 is 9.88 Å². The van der Waals surface area contributed by atoms with E-state index in [0.717, 1.165) is 11.3 Å². The fourth-order valence-electron chi connectivity index (χ4n) is 2.90. The van der Waals surface area contributed by atoms with Crippen molar-refractivity contribution in [2.24, 2.45) is 7.05 Å². The Balaban J connectivity index is 1.91. The van der Waals surface area contributed by atoms with Crippen molar-refractivity contribution in [1.82, 2.24) is 14.5 Å². The highest BCUT2D eigenvalue weighted by molar-refractivity contribution is 14.1. The third-order valence-corrected chi connectivity index (χ3v) is 7.21. The monoisotopic (exact) mass is 422 g/mol. The van der Waals surface area contributed by atoms with Gasteiger partial charge in [0.1, 0.15) is 5.52 Å². The first-order valence-corrected chi connectivity index (χ1v) is 9.21. The van der Waals surface area contributed by atoms with Crippen LogP contribution in [0.15, 0.2) is 41.6 Å². The Bertz CT molecular complexity index is 846. The molecule has 4 rings (SSSR count). The zero-order valence-electron chi connectivity index (χ0n) is 12.2. The molecule has 0 spiro atoms. The van der Waals surface area contributed by atoms with E-state index in [-0.39, 0.29) is 0 Å². The van der Waals surface area contributed by atoms with E-state index in [2.05, 4.69) is 67.8 Å². The molecule has 2 unspecified atom stereocenters. The van der Waals surface area contributed by atoms with Gasteiger partial charge in [0.15, 0.2) is 5.82 Å². The number of thioether (sulfide) groups is 1. The summed E-state index contributed by atoms with van der Waals surface area (Å²) >= 11 is 4.43. The molecule has 2 aromatic heterocycles. The largest absolute Gasteiger partial charge is 0.371 e. The number of anilines is 1. The summed E-state index contributed by atoms with van der Waals surface area (Å²) in [6, 6.07) is 10.7. The van der Waals surface area contributed by atoms with Gasteiger partial charge in [-0.2, -0.15) is 0 Å². The van der Waals surface area contributed by atoms with Crippen molar-refractivity contribution >= 4 is 51.2 Å². The van der Waals surface area contributed by atoms with E-state index in [9.17, 15) is 0 Å². The van der Waals surface area contributed by atoms with E-state index in [1.165, 1.54) is 21.7 Å². The number of pyridine rings is 1. The predicted molar refractivity (Wildman–Crippen MR) is 99.9 cm³/mol. The summed E-state index contributed by atoms with van der Waals surface area (Å²) in [5.74, 6) is 0.866.